The SMILES string of the molecule is COC(=O)CC1(CS(=O)C(C)C(=O)NC(N)=O)CC1. The van der Waals surface area contributed by atoms with Gasteiger partial charge in [0, 0.05) is 16.6 Å². The van der Waals surface area contributed by atoms with Gasteiger partial charge in [0.05, 0.1) is 13.5 Å². The normalized spacial score (nSPS) is 19.1. The summed E-state index contributed by atoms with van der Waals surface area (Å²) >= 11 is 0. The monoisotopic (exact) mass is 290 g/mol. The predicted octanol–water partition coefficient (Wildman–Crippen LogP) is -0.338. The van der Waals surface area contributed by atoms with E-state index in [9.17, 15) is 18.6 Å². The van der Waals surface area contributed by atoms with E-state index in [1.165, 1.54) is 14.0 Å². The molecule has 1 aliphatic carbocycles. The van der Waals surface area contributed by atoms with Gasteiger partial charge in [-0.05, 0) is 25.2 Å². The van der Waals surface area contributed by atoms with E-state index >= 15 is 0 Å². The number of hydrogen-bond acceptors (Lipinski definition) is 5. The molecule has 0 bridgehead atoms. The Kier molecular flexibility index (Phi) is 5.04. The highest BCUT2D eigenvalue weighted by Gasteiger charge is 2.47. The van der Waals surface area contributed by atoms with Crippen LogP contribution in [0.1, 0.15) is 26.2 Å². The second kappa shape index (κ2) is 6.14. The summed E-state index contributed by atoms with van der Waals surface area (Å²) < 4.78 is 16.6. The first kappa shape index (κ1) is 15.6. The van der Waals surface area contributed by atoms with Gasteiger partial charge < -0.3 is 10.5 Å². The van der Waals surface area contributed by atoms with Gasteiger partial charge in [0.25, 0.3) is 0 Å². The number of esters is 1. The van der Waals surface area contributed by atoms with Crippen LogP contribution in [0.2, 0.25) is 0 Å². The van der Waals surface area contributed by atoms with E-state index < -0.39 is 28.0 Å². The Balaban J connectivity index is 2.52. The number of imide groups is 1. The smallest absolute Gasteiger partial charge is 0.318 e. The van der Waals surface area contributed by atoms with Crippen LogP contribution < -0.4 is 11.1 Å². The Morgan fingerprint density at radius 3 is 2.42 bits per heavy atom. The maximum atomic E-state index is 12.0. The molecule has 2 unspecified atom stereocenters. The van der Waals surface area contributed by atoms with Gasteiger partial charge in [-0.2, -0.15) is 0 Å². The van der Waals surface area contributed by atoms with Crippen LogP contribution in [-0.2, 0) is 25.1 Å². The van der Waals surface area contributed by atoms with Crippen LogP contribution in [0.5, 0.6) is 0 Å². The van der Waals surface area contributed by atoms with E-state index in [1.54, 1.807) is 0 Å². The molecule has 0 spiro atoms. The maximum Gasteiger partial charge on any atom is 0.318 e. The Labute approximate surface area is 113 Å². The highest BCUT2D eigenvalue weighted by molar-refractivity contribution is 7.86. The number of primary amides is 1. The van der Waals surface area contributed by atoms with Gasteiger partial charge in [0.15, 0.2) is 0 Å². The van der Waals surface area contributed by atoms with E-state index in [-0.39, 0.29) is 23.6 Å². The van der Waals surface area contributed by atoms with E-state index in [1.807, 2.05) is 5.32 Å². The van der Waals surface area contributed by atoms with Gasteiger partial charge in [-0.25, -0.2) is 4.79 Å². The molecule has 0 aliphatic heterocycles. The van der Waals surface area contributed by atoms with Gasteiger partial charge in [0.2, 0.25) is 5.91 Å². The van der Waals surface area contributed by atoms with E-state index in [0.717, 1.165) is 12.8 Å². The fourth-order valence-electron chi connectivity index (χ4n) is 1.70. The molecule has 0 aromatic carbocycles. The van der Waals surface area contributed by atoms with Crippen LogP contribution in [0.3, 0.4) is 0 Å². The van der Waals surface area contributed by atoms with E-state index in [0.29, 0.717) is 0 Å². The molecular formula is C11H18N2O5S. The molecule has 0 aromatic heterocycles. The Hall–Kier alpha value is -1.44. The number of methoxy groups -OCH3 is 1. The molecule has 19 heavy (non-hydrogen) atoms. The number of carbonyl (C=O) groups excluding carboxylic acids is 3. The van der Waals surface area contributed by atoms with Crippen molar-refractivity contribution in [3.8, 4) is 0 Å². The summed E-state index contributed by atoms with van der Waals surface area (Å²) in [5.41, 5.74) is 4.50. The van der Waals surface area contributed by atoms with Gasteiger partial charge >= 0.3 is 12.0 Å². The fraction of sp³-hybridized carbons (Fsp3) is 0.727. The number of nitrogens with two attached hydrogens (primary N) is 1. The van der Waals surface area contributed by atoms with Crippen molar-refractivity contribution < 1.29 is 23.3 Å². The number of carbonyl (C=O) groups is 3. The average Bonchev–Trinajstić information content (AvgIpc) is 3.06. The molecular weight excluding hydrogens is 272 g/mol. The standard InChI is InChI=1S/C11H18N2O5S/c1-7(9(15)13-10(12)16)19(17)6-11(3-4-11)5-8(14)18-2/h7H,3-6H2,1-2H3,(H3,12,13,15,16). The maximum absolute atomic E-state index is 12.0. The molecule has 0 aromatic rings. The van der Waals surface area contributed by atoms with Crippen LogP contribution in [0.4, 0.5) is 4.79 Å². The Morgan fingerprint density at radius 1 is 1.42 bits per heavy atom. The molecule has 108 valence electrons. The molecule has 3 amide bonds. The zero-order chi connectivity index (χ0) is 14.6. The van der Waals surface area contributed by atoms with Crippen molar-refractivity contribution in [2.24, 2.45) is 11.1 Å². The minimum atomic E-state index is -1.46. The third-order valence-electron chi connectivity index (χ3n) is 3.16. The molecule has 7 nitrogen and oxygen atoms in total. The summed E-state index contributed by atoms with van der Waals surface area (Å²) in [4.78, 5) is 33.3. The third-order valence-corrected chi connectivity index (χ3v) is 5.06. The molecule has 1 rings (SSSR count). The predicted molar refractivity (Wildman–Crippen MR) is 68.5 cm³/mol. The van der Waals surface area contributed by atoms with Crippen molar-refractivity contribution >= 4 is 28.7 Å². The first-order valence-corrected chi connectivity index (χ1v) is 7.22. The van der Waals surface area contributed by atoms with Gasteiger partial charge in [-0.3, -0.25) is 19.1 Å². The summed E-state index contributed by atoms with van der Waals surface area (Å²) in [6, 6.07) is -0.968. The minimum Gasteiger partial charge on any atom is -0.469 e. The first-order valence-electron chi connectivity index (χ1n) is 5.84. The van der Waals surface area contributed by atoms with Crippen LogP contribution in [-0.4, -0.2) is 40.2 Å². The molecule has 2 atom stereocenters. The number of nitrogens with one attached hydrogen (secondary N) is 1. The van der Waals surface area contributed by atoms with Crippen molar-refractivity contribution in [1.29, 1.82) is 0 Å². The minimum absolute atomic E-state index is 0.208. The summed E-state index contributed by atoms with van der Waals surface area (Å²) in [5.74, 6) is -0.765. The van der Waals surface area contributed by atoms with Gasteiger partial charge in [-0.15, -0.1) is 0 Å². The van der Waals surface area contributed by atoms with Crippen LogP contribution in [0, 0.1) is 5.41 Å². The second-order valence-electron chi connectivity index (χ2n) is 4.77. The summed E-state index contributed by atoms with van der Waals surface area (Å²) in [6.45, 7) is 1.46. The molecule has 1 saturated carbocycles. The third kappa shape index (κ3) is 4.62. The zero-order valence-corrected chi connectivity index (χ0v) is 11.7. The van der Waals surface area contributed by atoms with Gasteiger partial charge in [-0.1, -0.05) is 0 Å². The van der Waals surface area contributed by atoms with Gasteiger partial charge in [0.1, 0.15) is 5.25 Å². The lowest BCUT2D eigenvalue weighted by molar-refractivity contribution is -0.141. The number of hydrogen-bond donors (Lipinski definition) is 2. The number of ether oxygens (including phenoxy) is 1. The largest absolute Gasteiger partial charge is 0.469 e. The lowest BCUT2D eigenvalue weighted by Crippen LogP contribution is -2.43. The van der Waals surface area contributed by atoms with Crippen LogP contribution in [0.25, 0.3) is 0 Å². The van der Waals surface area contributed by atoms with E-state index in [4.69, 9.17) is 5.73 Å². The van der Waals surface area contributed by atoms with Crippen LogP contribution in [0.15, 0.2) is 0 Å². The quantitative estimate of drug-likeness (QED) is 0.649. The lowest BCUT2D eigenvalue weighted by atomic mass is 10.1. The van der Waals surface area contributed by atoms with Crippen LogP contribution >= 0.6 is 0 Å². The van der Waals surface area contributed by atoms with Crippen molar-refractivity contribution in [1.82, 2.24) is 5.32 Å². The van der Waals surface area contributed by atoms with Crippen molar-refractivity contribution in [3.05, 3.63) is 0 Å². The topological polar surface area (TPSA) is 116 Å². The second-order valence-corrected chi connectivity index (χ2v) is 6.53. The highest BCUT2D eigenvalue weighted by atomic mass is 32.2. The molecule has 1 fully saturated rings. The molecule has 0 radical (unpaired) electrons. The van der Waals surface area contributed by atoms with Crippen molar-refractivity contribution in [3.63, 3.8) is 0 Å². The number of urea groups is 1. The summed E-state index contributed by atoms with van der Waals surface area (Å²) in [6.07, 6.45) is 1.79. The summed E-state index contributed by atoms with van der Waals surface area (Å²) in [7, 11) is -0.160. The highest BCUT2D eigenvalue weighted by Crippen LogP contribution is 2.49. The number of amides is 3. The molecule has 0 heterocycles. The number of rotatable bonds is 6. The lowest BCUT2D eigenvalue weighted by Gasteiger charge is -2.16. The molecule has 8 heteroatoms. The summed E-state index contributed by atoms with van der Waals surface area (Å²) in [5, 5.41) is 1.05. The average molecular weight is 290 g/mol. The molecule has 0 saturated heterocycles. The van der Waals surface area contributed by atoms with E-state index in [2.05, 4.69) is 4.74 Å². The van der Waals surface area contributed by atoms with Crippen molar-refractivity contribution in [2.75, 3.05) is 12.9 Å². The van der Waals surface area contributed by atoms with Crippen molar-refractivity contribution in [2.45, 2.75) is 31.4 Å². The Morgan fingerprint density at radius 2 is 2.00 bits per heavy atom. The zero-order valence-electron chi connectivity index (χ0n) is 10.9. The molecule has 1 aliphatic rings. The Bertz CT molecular complexity index is 419. The fourth-order valence-corrected chi connectivity index (χ4v) is 3.24. The first-order chi connectivity index (χ1) is 8.79. The molecule has 3 N–H and O–H groups in total.